The second-order valence-corrected chi connectivity index (χ2v) is 8.17. The van der Waals surface area contributed by atoms with Gasteiger partial charge in [0.1, 0.15) is 17.0 Å². The maximum Gasteiger partial charge on any atom is 0.225 e. The third kappa shape index (κ3) is 2.66. The molecular weight excluding hydrogens is 320 g/mol. The van der Waals surface area contributed by atoms with Crippen LogP contribution in [0.15, 0.2) is 6.33 Å². The van der Waals surface area contributed by atoms with Crippen LogP contribution in [0.2, 0.25) is 0 Å². The Morgan fingerprint density at radius 3 is 2.71 bits per heavy atom. The van der Waals surface area contributed by atoms with Crippen LogP contribution in [-0.4, -0.2) is 48.0 Å². The fourth-order valence-electron chi connectivity index (χ4n) is 4.02. The molecule has 0 aromatic carbocycles. The number of anilines is 1. The van der Waals surface area contributed by atoms with Gasteiger partial charge < -0.3 is 9.80 Å². The highest BCUT2D eigenvalue weighted by Crippen LogP contribution is 2.40. The largest absolute Gasteiger partial charge is 0.356 e. The fraction of sp³-hybridized carbons (Fsp3) is 0.611. The first-order valence-corrected chi connectivity index (χ1v) is 9.68. The average molecular weight is 344 g/mol. The van der Waals surface area contributed by atoms with Gasteiger partial charge in [-0.1, -0.05) is 0 Å². The van der Waals surface area contributed by atoms with Crippen LogP contribution in [0.5, 0.6) is 0 Å². The summed E-state index contributed by atoms with van der Waals surface area (Å²) in [7, 11) is 3.70. The van der Waals surface area contributed by atoms with E-state index < -0.39 is 0 Å². The van der Waals surface area contributed by atoms with E-state index in [1.807, 2.05) is 25.4 Å². The van der Waals surface area contributed by atoms with Gasteiger partial charge in [0.25, 0.3) is 0 Å². The van der Waals surface area contributed by atoms with E-state index in [0.717, 1.165) is 43.0 Å². The number of thiophene rings is 1. The minimum absolute atomic E-state index is 0.157. The number of carbonyl (C=O) groups excluding carboxylic acids is 1. The van der Waals surface area contributed by atoms with Gasteiger partial charge in [-0.3, -0.25) is 4.79 Å². The molecule has 0 saturated carbocycles. The Bertz CT molecular complexity index is 762. The van der Waals surface area contributed by atoms with E-state index in [2.05, 4.69) is 14.9 Å². The summed E-state index contributed by atoms with van der Waals surface area (Å²) in [5.74, 6) is 1.51. The molecule has 1 aliphatic carbocycles. The predicted octanol–water partition coefficient (Wildman–Crippen LogP) is 2.87. The lowest BCUT2D eigenvalue weighted by molar-refractivity contribution is -0.133. The van der Waals surface area contributed by atoms with Crippen LogP contribution >= 0.6 is 11.3 Å². The Kier molecular flexibility index (Phi) is 4.16. The summed E-state index contributed by atoms with van der Waals surface area (Å²) in [4.78, 5) is 28.1. The highest BCUT2D eigenvalue weighted by atomic mass is 32.1. The Balaban J connectivity index is 1.61. The minimum Gasteiger partial charge on any atom is -0.356 e. The van der Waals surface area contributed by atoms with E-state index in [0.29, 0.717) is 0 Å². The number of amides is 1. The number of piperidine rings is 1. The summed E-state index contributed by atoms with van der Waals surface area (Å²) < 4.78 is 0. The van der Waals surface area contributed by atoms with E-state index in [1.165, 1.54) is 35.1 Å². The molecule has 4 rings (SSSR count). The minimum atomic E-state index is 0.157. The van der Waals surface area contributed by atoms with E-state index in [-0.39, 0.29) is 11.8 Å². The zero-order chi connectivity index (χ0) is 16.7. The average Bonchev–Trinajstić information content (AvgIpc) is 3.00. The third-order valence-electron chi connectivity index (χ3n) is 5.32. The van der Waals surface area contributed by atoms with Crippen LogP contribution in [0, 0.1) is 5.92 Å². The van der Waals surface area contributed by atoms with Crippen LogP contribution in [-0.2, 0) is 17.6 Å². The van der Waals surface area contributed by atoms with Gasteiger partial charge >= 0.3 is 0 Å². The van der Waals surface area contributed by atoms with Gasteiger partial charge in [0.05, 0.1) is 5.39 Å². The Morgan fingerprint density at radius 2 is 1.96 bits per heavy atom. The van der Waals surface area contributed by atoms with E-state index in [1.54, 1.807) is 11.2 Å². The number of hydrogen-bond donors (Lipinski definition) is 0. The van der Waals surface area contributed by atoms with Gasteiger partial charge in [0.15, 0.2) is 0 Å². The molecule has 5 nitrogen and oxygen atoms in total. The molecule has 2 aromatic rings. The number of carbonyl (C=O) groups is 1. The molecule has 128 valence electrons. The van der Waals surface area contributed by atoms with Crippen molar-refractivity contribution in [2.75, 3.05) is 32.1 Å². The standard InChI is InChI=1S/C18H24N4OS/c1-21(2)18(23)12-7-9-22(10-8-12)16-15-13-5-3-4-6-14(13)24-17(15)20-11-19-16/h11-12H,3-10H2,1-2H3. The number of nitrogens with zero attached hydrogens (tertiary/aromatic N) is 4. The smallest absolute Gasteiger partial charge is 0.225 e. The second kappa shape index (κ2) is 6.31. The first kappa shape index (κ1) is 15.8. The van der Waals surface area contributed by atoms with E-state index in [4.69, 9.17) is 0 Å². The van der Waals surface area contributed by atoms with Crippen molar-refractivity contribution in [1.82, 2.24) is 14.9 Å². The Labute approximate surface area is 146 Å². The quantitative estimate of drug-likeness (QED) is 0.840. The number of hydrogen-bond acceptors (Lipinski definition) is 5. The normalized spacial score (nSPS) is 18.7. The van der Waals surface area contributed by atoms with Crippen LogP contribution in [0.25, 0.3) is 10.2 Å². The lowest BCUT2D eigenvalue weighted by atomic mass is 9.94. The van der Waals surface area contributed by atoms with E-state index >= 15 is 0 Å². The highest BCUT2D eigenvalue weighted by Gasteiger charge is 2.29. The lowest BCUT2D eigenvalue weighted by Gasteiger charge is -2.33. The number of fused-ring (bicyclic) bond motifs is 3. The van der Waals surface area contributed by atoms with Crippen LogP contribution in [0.1, 0.15) is 36.1 Å². The molecule has 0 bridgehead atoms. The number of aryl methyl sites for hydroxylation is 2. The molecule has 1 saturated heterocycles. The van der Waals surface area contributed by atoms with Gasteiger partial charge in [-0.25, -0.2) is 9.97 Å². The first-order valence-electron chi connectivity index (χ1n) is 8.86. The molecule has 1 fully saturated rings. The Morgan fingerprint density at radius 1 is 1.21 bits per heavy atom. The van der Waals surface area contributed by atoms with Crippen molar-refractivity contribution in [3.63, 3.8) is 0 Å². The predicted molar refractivity (Wildman–Crippen MR) is 97.7 cm³/mol. The molecule has 3 heterocycles. The van der Waals surface area contributed by atoms with Gasteiger partial charge in [0.2, 0.25) is 5.91 Å². The summed E-state index contributed by atoms with van der Waals surface area (Å²) in [6, 6.07) is 0. The summed E-state index contributed by atoms with van der Waals surface area (Å²) >= 11 is 1.85. The third-order valence-corrected chi connectivity index (χ3v) is 6.52. The van der Waals surface area contributed by atoms with Gasteiger partial charge in [-0.15, -0.1) is 11.3 Å². The van der Waals surface area contributed by atoms with Gasteiger partial charge in [-0.05, 0) is 44.1 Å². The summed E-state index contributed by atoms with van der Waals surface area (Å²) in [6.45, 7) is 1.81. The van der Waals surface area contributed by atoms with Crippen LogP contribution in [0.3, 0.4) is 0 Å². The Hall–Kier alpha value is -1.69. The van der Waals surface area contributed by atoms with E-state index in [9.17, 15) is 4.79 Å². The monoisotopic (exact) mass is 344 g/mol. The SMILES string of the molecule is CN(C)C(=O)C1CCN(c2ncnc3sc4c(c23)CCCC4)CC1. The maximum absolute atomic E-state index is 12.2. The second-order valence-electron chi connectivity index (χ2n) is 7.08. The first-order chi connectivity index (χ1) is 11.6. The van der Waals surface area contributed by atoms with Gasteiger partial charge in [0, 0.05) is 38.0 Å². The number of rotatable bonds is 2. The van der Waals surface area contributed by atoms with Crippen molar-refractivity contribution < 1.29 is 4.79 Å². The zero-order valence-electron chi connectivity index (χ0n) is 14.4. The molecule has 0 radical (unpaired) electrons. The topological polar surface area (TPSA) is 49.3 Å². The molecule has 2 aromatic heterocycles. The summed E-state index contributed by atoms with van der Waals surface area (Å²) in [5, 5.41) is 1.29. The van der Waals surface area contributed by atoms with Crippen molar-refractivity contribution in [3.05, 3.63) is 16.8 Å². The van der Waals surface area contributed by atoms with Crippen molar-refractivity contribution in [3.8, 4) is 0 Å². The van der Waals surface area contributed by atoms with Crippen molar-refractivity contribution in [1.29, 1.82) is 0 Å². The molecule has 2 aliphatic rings. The summed E-state index contributed by atoms with van der Waals surface area (Å²) in [6.07, 6.45) is 8.44. The van der Waals surface area contributed by atoms with Crippen LogP contribution < -0.4 is 4.90 Å². The van der Waals surface area contributed by atoms with Gasteiger partial charge in [-0.2, -0.15) is 0 Å². The molecular formula is C18H24N4OS. The molecule has 0 atom stereocenters. The zero-order valence-corrected chi connectivity index (χ0v) is 15.2. The molecule has 24 heavy (non-hydrogen) atoms. The van der Waals surface area contributed by atoms with Crippen molar-refractivity contribution in [2.24, 2.45) is 5.92 Å². The highest BCUT2D eigenvalue weighted by molar-refractivity contribution is 7.19. The fourth-order valence-corrected chi connectivity index (χ4v) is 5.24. The molecule has 1 aliphatic heterocycles. The molecule has 0 N–H and O–H groups in total. The lowest BCUT2D eigenvalue weighted by Crippen LogP contribution is -2.40. The van der Waals surface area contributed by atoms with Crippen molar-refractivity contribution in [2.45, 2.75) is 38.5 Å². The van der Waals surface area contributed by atoms with Crippen LogP contribution in [0.4, 0.5) is 5.82 Å². The summed E-state index contributed by atoms with van der Waals surface area (Å²) in [5.41, 5.74) is 1.49. The molecule has 0 unspecified atom stereocenters. The maximum atomic E-state index is 12.2. The molecule has 6 heteroatoms. The number of aromatic nitrogens is 2. The van der Waals surface area contributed by atoms with Crippen molar-refractivity contribution >= 4 is 33.3 Å². The molecule has 0 spiro atoms. The molecule has 1 amide bonds.